The van der Waals surface area contributed by atoms with E-state index in [4.69, 9.17) is 11.8 Å². The molecule has 0 saturated carbocycles. The molecule has 0 bridgehead atoms. The molecular formula is C9H7ClN2O2S. The lowest BCUT2D eigenvalue weighted by Crippen LogP contribution is -2.06. The zero-order valence-corrected chi connectivity index (χ0v) is 9.16. The van der Waals surface area contributed by atoms with E-state index in [-0.39, 0.29) is 5.69 Å². The maximum atomic E-state index is 10.8. The van der Waals surface area contributed by atoms with Crippen molar-refractivity contribution in [2.45, 2.75) is 0 Å². The topological polar surface area (TPSA) is 46.4 Å². The van der Waals surface area contributed by atoms with E-state index in [1.165, 1.54) is 22.2 Å². The lowest BCUT2D eigenvalue weighted by Gasteiger charge is -2.11. The molecule has 2 rings (SSSR count). The number of nitrogens with zero attached hydrogens (tertiary/aromatic N) is 2. The molecule has 15 heavy (non-hydrogen) atoms. The Morgan fingerprint density at radius 3 is 2.80 bits per heavy atom. The number of hydrogen-bond acceptors (Lipinski definition) is 4. The van der Waals surface area contributed by atoms with E-state index in [1.807, 2.05) is 5.41 Å². The van der Waals surface area contributed by atoms with Crippen molar-refractivity contribution in [1.29, 1.82) is 0 Å². The number of nitro groups is 1. The van der Waals surface area contributed by atoms with Gasteiger partial charge < -0.3 is 0 Å². The minimum atomic E-state index is -0.399. The lowest BCUT2D eigenvalue weighted by atomic mass is 10.1. The van der Waals surface area contributed by atoms with E-state index in [1.54, 1.807) is 18.2 Å². The molecule has 0 amide bonds. The fourth-order valence-corrected chi connectivity index (χ4v) is 2.48. The Balaban J connectivity index is 2.48. The van der Waals surface area contributed by atoms with Gasteiger partial charge in [-0.3, -0.25) is 14.5 Å². The summed E-state index contributed by atoms with van der Waals surface area (Å²) in [6, 6.07) is 6.58. The smallest absolute Gasteiger partial charge is 0.274 e. The molecular weight excluding hydrogens is 236 g/mol. The molecule has 78 valence electrons. The lowest BCUT2D eigenvalue weighted by molar-refractivity contribution is -0.385. The van der Waals surface area contributed by atoms with Crippen molar-refractivity contribution in [2.24, 2.45) is 0 Å². The third-order valence-corrected chi connectivity index (χ3v) is 3.26. The van der Waals surface area contributed by atoms with Crippen LogP contribution >= 0.6 is 23.5 Å². The summed E-state index contributed by atoms with van der Waals surface area (Å²) in [7, 11) is 0. The van der Waals surface area contributed by atoms with Crippen molar-refractivity contribution in [2.75, 3.05) is 5.88 Å². The molecule has 1 aliphatic heterocycles. The second-order valence-corrected chi connectivity index (χ2v) is 4.17. The van der Waals surface area contributed by atoms with Crippen LogP contribution in [-0.2, 0) is 0 Å². The predicted molar refractivity (Wildman–Crippen MR) is 61.2 cm³/mol. The third-order valence-electron chi connectivity index (χ3n) is 2.02. The Kier molecular flexibility index (Phi) is 2.83. The largest absolute Gasteiger partial charge is 0.278 e. The summed E-state index contributed by atoms with van der Waals surface area (Å²) in [6.07, 6.45) is 0. The van der Waals surface area contributed by atoms with Crippen molar-refractivity contribution in [3.05, 3.63) is 45.4 Å². The van der Waals surface area contributed by atoms with Gasteiger partial charge in [-0.05, 0) is 11.5 Å². The molecule has 0 radical (unpaired) electrons. The van der Waals surface area contributed by atoms with Crippen LogP contribution in [0.5, 0.6) is 0 Å². The monoisotopic (exact) mass is 242 g/mol. The molecule has 6 heteroatoms. The van der Waals surface area contributed by atoms with Gasteiger partial charge in [-0.2, -0.15) is 0 Å². The van der Waals surface area contributed by atoms with Crippen LogP contribution in [0.1, 0.15) is 5.56 Å². The summed E-state index contributed by atoms with van der Waals surface area (Å²) in [4.78, 5) is 10.4. The highest BCUT2D eigenvalue weighted by Gasteiger charge is 2.22. The van der Waals surface area contributed by atoms with E-state index in [0.29, 0.717) is 17.1 Å². The normalized spacial score (nSPS) is 15.3. The zero-order chi connectivity index (χ0) is 10.8. The summed E-state index contributed by atoms with van der Waals surface area (Å²) in [5.74, 6) is 0.614. The van der Waals surface area contributed by atoms with Gasteiger partial charge in [0.1, 0.15) is 0 Å². The Hall–Kier alpha value is -1.20. The number of para-hydroxylation sites is 1. The Morgan fingerprint density at radius 1 is 1.47 bits per heavy atom. The fourth-order valence-electron chi connectivity index (χ4n) is 1.35. The maximum Gasteiger partial charge on any atom is 0.278 e. The van der Waals surface area contributed by atoms with Gasteiger partial charge in [0, 0.05) is 17.8 Å². The number of rotatable bonds is 2. The van der Waals surface area contributed by atoms with Crippen LogP contribution in [0.25, 0.3) is 5.70 Å². The molecule has 1 aromatic rings. The summed E-state index contributed by atoms with van der Waals surface area (Å²) in [6.45, 7) is 0. The number of nitro benzene ring substituents is 1. The maximum absolute atomic E-state index is 10.8. The Labute approximate surface area is 95.8 Å². The second kappa shape index (κ2) is 4.12. The van der Waals surface area contributed by atoms with Gasteiger partial charge in [0.15, 0.2) is 0 Å². The third kappa shape index (κ3) is 1.93. The molecule has 0 atom stereocenters. The summed E-state index contributed by atoms with van der Waals surface area (Å²) in [5, 5.41) is 12.6. The minimum absolute atomic E-state index is 0.0805. The molecule has 0 N–H and O–H groups in total. The highest BCUT2D eigenvalue weighted by Crippen LogP contribution is 2.36. The van der Waals surface area contributed by atoms with Gasteiger partial charge >= 0.3 is 0 Å². The highest BCUT2D eigenvalue weighted by atomic mass is 35.5. The van der Waals surface area contributed by atoms with Crippen LogP contribution in [0.4, 0.5) is 5.69 Å². The van der Waals surface area contributed by atoms with E-state index in [9.17, 15) is 10.1 Å². The number of thioether (sulfide) groups is 1. The number of benzene rings is 1. The SMILES string of the molecule is O=[N+]([O-])c1ccccc1C1=CSCN1Cl. The van der Waals surface area contributed by atoms with E-state index < -0.39 is 4.92 Å². The quantitative estimate of drug-likeness (QED) is 0.454. The Morgan fingerprint density at radius 2 is 2.20 bits per heavy atom. The van der Waals surface area contributed by atoms with Crippen LogP contribution in [0.15, 0.2) is 29.7 Å². The second-order valence-electron chi connectivity index (χ2n) is 2.94. The van der Waals surface area contributed by atoms with Crippen LogP contribution in [0.2, 0.25) is 0 Å². The van der Waals surface area contributed by atoms with Crippen molar-refractivity contribution >= 4 is 34.9 Å². The van der Waals surface area contributed by atoms with Gasteiger partial charge in [-0.15, -0.1) is 11.8 Å². The molecule has 0 aromatic heterocycles. The molecule has 0 unspecified atom stereocenters. The van der Waals surface area contributed by atoms with E-state index >= 15 is 0 Å². The van der Waals surface area contributed by atoms with Crippen molar-refractivity contribution in [3.8, 4) is 0 Å². The molecule has 4 nitrogen and oxygen atoms in total. The van der Waals surface area contributed by atoms with Crippen molar-refractivity contribution in [3.63, 3.8) is 0 Å². The van der Waals surface area contributed by atoms with Gasteiger partial charge in [0.2, 0.25) is 0 Å². The molecule has 1 heterocycles. The van der Waals surface area contributed by atoms with Crippen LogP contribution in [0.3, 0.4) is 0 Å². The fraction of sp³-hybridized carbons (Fsp3) is 0.111. The highest BCUT2D eigenvalue weighted by molar-refractivity contribution is 8.02. The van der Waals surface area contributed by atoms with E-state index in [0.717, 1.165) is 0 Å². The molecule has 1 aromatic carbocycles. The average molecular weight is 243 g/mol. The van der Waals surface area contributed by atoms with Crippen LogP contribution in [-0.4, -0.2) is 15.2 Å². The summed E-state index contributed by atoms with van der Waals surface area (Å²) < 4.78 is 1.48. The molecule has 0 spiro atoms. The van der Waals surface area contributed by atoms with Crippen LogP contribution in [0, 0.1) is 10.1 Å². The summed E-state index contributed by atoms with van der Waals surface area (Å²) in [5.41, 5.74) is 1.33. The molecule has 1 aliphatic rings. The van der Waals surface area contributed by atoms with E-state index in [2.05, 4.69) is 0 Å². The summed E-state index contributed by atoms with van der Waals surface area (Å²) >= 11 is 7.43. The van der Waals surface area contributed by atoms with Crippen LogP contribution < -0.4 is 0 Å². The Bertz CT molecular complexity index is 436. The van der Waals surface area contributed by atoms with Gasteiger partial charge in [0.25, 0.3) is 5.69 Å². The van der Waals surface area contributed by atoms with Gasteiger partial charge in [0.05, 0.1) is 22.1 Å². The van der Waals surface area contributed by atoms with Crippen molar-refractivity contribution < 1.29 is 4.92 Å². The molecule has 0 saturated heterocycles. The van der Waals surface area contributed by atoms with Gasteiger partial charge in [-0.25, -0.2) is 0 Å². The first-order valence-electron chi connectivity index (χ1n) is 4.19. The number of halogens is 1. The predicted octanol–water partition coefficient (Wildman–Crippen LogP) is 3.05. The first-order valence-corrected chi connectivity index (χ1v) is 5.57. The zero-order valence-electron chi connectivity index (χ0n) is 7.59. The number of hydrogen-bond donors (Lipinski definition) is 0. The standard InChI is InChI=1S/C9H7ClN2O2S/c10-11-6-15-5-9(11)7-3-1-2-4-8(7)12(13)14/h1-5H,6H2. The first-order chi connectivity index (χ1) is 7.20. The average Bonchev–Trinajstić information content (AvgIpc) is 2.64. The molecule has 0 aliphatic carbocycles. The molecule has 0 fully saturated rings. The van der Waals surface area contributed by atoms with Gasteiger partial charge in [-0.1, -0.05) is 12.1 Å². The minimum Gasteiger partial charge on any atom is -0.274 e. The van der Waals surface area contributed by atoms with Crippen molar-refractivity contribution in [1.82, 2.24) is 4.42 Å². The first kappa shape index (κ1) is 10.3.